The van der Waals surface area contributed by atoms with Crippen molar-refractivity contribution < 1.29 is 153 Å². The fourth-order valence-corrected chi connectivity index (χ4v) is 1.77. The summed E-state index contributed by atoms with van der Waals surface area (Å²) in [6, 6.07) is 0. The first-order chi connectivity index (χ1) is 11.2. The molecule has 0 amide bonds. The molecule has 0 spiro atoms. The van der Waals surface area contributed by atoms with E-state index in [0.29, 0.717) is 0 Å². The van der Waals surface area contributed by atoms with Gasteiger partial charge in [0, 0.05) is 24.8 Å². The number of carboxylic acid groups (broad SMARTS) is 5. The van der Waals surface area contributed by atoms with E-state index in [-0.39, 0.29) is 88.7 Å². The number of rotatable bonds is 11. The van der Waals surface area contributed by atoms with Crippen molar-refractivity contribution in [3.63, 3.8) is 0 Å². The van der Waals surface area contributed by atoms with Crippen LogP contribution in [0.3, 0.4) is 0 Å². The van der Waals surface area contributed by atoms with E-state index >= 15 is 0 Å². The summed E-state index contributed by atoms with van der Waals surface area (Å²) in [5, 5.41) is 59.5. The van der Waals surface area contributed by atoms with Gasteiger partial charge in [-0.3, -0.25) is 9.59 Å². The van der Waals surface area contributed by atoms with Crippen molar-refractivity contribution >= 4 is 35.8 Å². The molecule has 0 aliphatic heterocycles. The topological polar surface area (TPSA) is 242 Å². The SMILES string of the molecule is O=C([O-])CC(CC(=O)[O-])(OC(=O)C(O)(CC(=O)O)CC(=O)O)C(=O)[O-].[Na+].[Na+].[Na+]. The van der Waals surface area contributed by atoms with Gasteiger partial charge in [0.1, 0.15) is 0 Å². The summed E-state index contributed by atoms with van der Waals surface area (Å²) in [4.78, 5) is 65.6. The van der Waals surface area contributed by atoms with Gasteiger partial charge in [0.25, 0.3) is 0 Å². The molecule has 3 N–H and O–H groups in total. The molecule has 0 rings (SSSR count). The van der Waals surface area contributed by atoms with Crippen LogP contribution in [0.5, 0.6) is 0 Å². The quantitative estimate of drug-likeness (QED) is 0.203. The van der Waals surface area contributed by atoms with E-state index in [1.165, 1.54) is 0 Å². The molecule has 0 saturated carbocycles. The average molecular weight is 432 g/mol. The number of esters is 1. The number of hydrogen-bond acceptors (Lipinski definition) is 11. The van der Waals surface area contributed by atoms with Gasteiger partial charge in [0.05, 0.1) is 18.8 Å². The fourth-order valence-electron chi connectivity index (χ4n) is 1.77. The van der Waals surface area contributed by atoms with E-state index in [9.17, 15) is 49.2 Å². The molecule has 28 heavy (non-hydrogen) atoms. The molecule has 0 unspecified atom stereocenters. The second kappa shape index (κ2) is 14.7. The number of carbonyl (C=O) groups excluding carboxylic acids is 4. The van der Waals surface area contributed by atoms with Gasteiger partial charge >= 0.3 is 107 Å². The third-order valence-corrected chi connectivity index (χ3v) is 2.79. The molecule has 0 aliphatic carbocycles. The number of hydrogen-bond donors (Lipinski definition) is 3. The summed E-state index contributed by atoms with van der Waals surface area (Å²) in [5.74, 6) is -12.9. The van der Waals surface area contributed by atoms with Gasteiger partial charge < -0.3 is 49.8 Å². The number of ether oxygens (including phenoxy) is 1. The molecule has 13 nitrogen and oxygen atoms in total. The number of aliphatic hydroxyl groups is 1. The van der Waals surface area contributed by atoms with Crippen molar-refractivity contribution in [2.75, 3.05) is 0 Å². The maximum absolute atomic E-state index is 11.9. The second-order valence-electron chi connectivity index (χ2n) is 4.94. The Kier molecular flexibility index (Phi) is 18.5. The van der Waals surface area contributed by atoms with Crippen LogP contribution in [-0.4, -0.2) is 62.3 Å². The number of carbonyl (C=O) groups is 6. The zero-order valence-corrected chi connectivity index (χ0v) is 21.3. The normalized spacial score (nSPS) is 10.2. The third-order valence-electron chi connectivity index (χ3n) is 2.79. The largest absolute Gasteiger partial charge is 1.00 e. The Morgan fingerprint density at radius 3 is 1.25 bits per heavy atom. The van der Waals surface area contributed by atoms with Crippen molar-refractivity contribution in [2.24, 2.45) is 0 Å². The molecule has 0 aromatic carbocycles. The molecule has 0 fully saturated rings. The van der Waals surface area contributed by atoms with Crippen LogP contribution in [0.1, 0.15) is 25.7 Å². The summed E-state index contributed by atoms with van der Waals surface area (Å²) >= 11 is 0. The van der Waals surface area contributed by atoms with E-state index in [0.717, 1.165) is 0 Å². The van der Waals surface area contributed by atoms with Crippen molar-refractivity contribution in [3.8, 4) is 0 Å². The van der Waals surface area contributed by atoms with E-state index in [1.54, 1.807) is 0 Å². The van der Waals surface area contributed by atoms with Gasteiger partial charge in [-0.05, 0) is 0 Å². The summed E-state index contributed by atoms with van der Waals surface area (Å²) in [7, 11) is 0. The smallest absolute Gasteiger partial charge is 0.550 e. The third kappa shape index (κ3) is 11.7. The second-order valence-corrected chi connectivity index (χ2v) is 4.94. The van der Waals surface area contributed by atoms with Gasteiger partial charge in [-0.25, -0.2) is 4.79 Å². The number of aliphatic carboxylic acids is 5. The standard InChI is InChI=1S/C12H14O13.3Na/c13-5(14)1-11(24,2-6(15)16)10(23)25-12(9(21)22,3-7(17)18)4-8(19)20;;;/h24H,1-4H2,(H,13,14)(H,15,16)(H,17,18)(H,19,20)(H,21,22);;;/q;3*+1/p-3. The number of carboxylic acids is 5. The van der Waals surface area contributed by atoms with Crippen LogP contribution in [0, 0.1) is 0 Å². The maximum Gasteiger partial charge on any atom is 1.00 e. The van der Waals surface area contributed by atoms with Crippen LogP contribution in [0.25, 0.3) is 0 Å². The molecular formula is C12H11Na3O13. The molecule has 0 aromatic rings. The monoisotopic (exact) mass is 432 g/mol. The zero-order chi connectivity index (χ0) is 20.0. The summed E-state index contributed by atoms with van der Waals surface area (Å²) in [6.45, 7) is 0. The fraction of sp³-hybridized carbons (Fsp3) is 0.500. The predicted molar refractivity (Wildman–Crippen MR) is 62.5 cm³/mol. The molecule has 0 heterocycles. The Labute approximate surface area is 223 Å². The summed E-state index contributed by atoms with van der Waals surface area (Å²) < 4.78 is 4.17. The molecule has 140 valence electrons. The minimum Gasteiger partial charge on any atom is -0.550 e. The van der Waals surface area contributed by atoms with Crippen molar-refractivity contribution in [1.29, 1.82) is 0 Å². The van der Waals surface area contributed by atoms with E-state index < -0.39 is 72.7 Å². The van der Waals surface area contributed by atoms with Crippen molar-refractivity contribution in [3.05, 3.63) is 0 Å². The maximum atomic E-state index is 11.9. The van der Waals surface area contributed by atoms with Crippen LogP contribution in [0.4, 0.5) is 0 Å². The molecular weight excluding hydrogens is 421 g/mol. The van der Waals surface area contributed by atoms with E-state index in [4.69, 9.17) is 10.2 Å². The molecule has 0 saturated heterocycles. The molecule has 0 aliphatic rings. The Morgan fingerprint density at radius 2 is 1.04 bits per heavy atom. The van der Waals surface area contributed by atoms with Gasteiger partial charge in [-0.1, -0.05) is 0 Å². The molecule has 0 aromatic heterocycles. The first kappa shape index (κ1) is 35.2. The van der Waals surface area contributed by atoms with Crippen molar-refractivity contribution in [1.82, 2.24) is 0 Å². The van der Waals surface area contributed by atoms with Crippen LogP contribution in [0.15, 0.2) is 0 Å². The minimum absolute atomic E-state index is 0. The van der Waals surface area contributed by atoms with Gasteiger partial charge in [-0.2, -0.15) is 0 Å². The average Bonchev–Trinajstić information content (AvgIpc) is 2.34. The first-order valence-corrected chi connectivity index (χ1v) is 6.24. The van der Waals surface area contributed by atoms with Crippen molar-refractivity contribution in [2.45, 2.75) is 36.9 Å². The Morgan fingerprint density at radius 1 is 0.714 bits per heavy atom. The minimum atomic E-state index is -3.42. The van der Waals surface area contributed by atoms with E-state index in [2.05, 4.69) is 4.74 Å². The Hall–Kier alpha value is -0.220. The molecule has 0 bridgehead atoms. The van der Waals surface area contributed by atoms with E-state index in [1.807, 2.05) is 0 Å². The molecule has 0 radical (unpaired) electrons. The van der Waals surface area contributed by atoms with Gasteiger partial charge in [0.15, 0.2) is 11.2 Å². The first-order valence-electron chi connectivity index (χ1n) is 6.24. The van der Waals surface area contributed by atoms with Crippen LogP contribution in [-0.2, 0) is 33.5 Å². The molecule has 0 atom stereocenters. The Bertz CT molecular complexity index is 586. The Balaban J connectivity index is -0.000000960. The molecule has 16 heteroatoms. The van der Waals surface area contributed by atoms with Gasteiger partial charge in [-0.15, -0.1) is 0 Å². The van der Waals surface area contributed by atoms with Crippen LogP contribution < -0.4 is 104 Å². The predicted octanol–water partition coefficient (Wildman–Crippen LogP) is -15.0. The van der Waals surface area contributed by atoms with Crippen LogP contribution in [0.2, 0.25) is 0 Å². The van der Waals surface area contributed by atoms with Gasteiger partial charge in [0.2, 0.25) is 0 Å². The zero-order valence-electron chi connectivity index (χ0n) is 15.3. The summed E-state index contributed by atoms with van der Waals surface area (Å²) in [5.41, 5.74) is -6.73. The summed E-state index contributed by atoms with van der Waals surface area (Å²) in [6.07, 6.45) is -6.60. The van der Waals surface area contributed by atoms with Crippen LogP contribution >= 0.6 is 0 Å².